The molecule has 3 heterocycles. The van der Waals surface area contributed by atoms with Crippen LogP contribution in [0.1, 0.15) is 24.0 Å². The number of nitrogens with one attached hydrogen (secondary N) is 1. The van der Waals surface area contributed by atoms with Gasteiger partial charge in [-0.3, -0.25) is 4.57 Å². The van der Waals surface area contributed by atoms with Crippen molar-refractivity contribution in [3.05, 3.63) is 29.2 Å². The van der Waals surface area contributed by atoms with Crippen molar-refractivity contribution in [2.24, 2.45) is 0 Å². The van der Waals surface area contributed by atoms with E-state index in [0.29, 0.717) is 5.95 Å². The van der Waals surface area contributed by atoms with Crippen molar-refractivity contribution < 1.29 is 0 Å². The molecule has 0 saturated carbocycles. The van der Waals surface area contributed by atoms with Gasteiger partial charge in [-0.1, -0.05) is 6.92 Å². The normalized spacial score (nSPS) is 11.2. The van der Waals surface area contributed by atoms with Crippen LogP contribution in [0.4, 0.5) is 5.95 Å². The van der Waals surface area contributed by atoms with Crippen molar-refractivity contribution >= 4 is 27.5 Å². The van der Waals surface area contributed by atoms with E-state index in [9.17, 15) is 0 Å². The molecule has 0 atom stereocenters. The Balaban J connectivity index is 2.25. The number of imidazole rings is 1. The molecule has 0 spiro atoms. The van der Waals surface area contributed by atoms with E-state index in [1.807, 2.05) is 19.4 Å². The molecule has 3 rings (SSSR count). The van der Waals surface area contributed by atoms with Crippen molar-refractivity contribution in [3.8, 4) is 5.82 Å². The zero-order chi connectivity index (χ0) is 14.1. The first-order valence-electron chi connectivity index (χ1n) is 6.71. The molecule has 0 aliphatic rings. The largest absolute Gasteiger partial charge is 0.357 e. The SMILES string of the molecule is CCCc1nccn1-c1nc(NC)nc2sc(C)cc12. The van der Waals surface area contributed by atoms with Crippen molar-refractivity contribution in [3.63, 3.8) is 0 Å². The van der Waals surface area contributed by atoms with Gasteiger partial charge in [-0.2, -0.15) is 4.98 Å². The maximum atomic E-state index is 4.63. The number of aryl methyl sites for hydroxylation is 2. The third-order valence-electron chi connectivity index (χ3n) is 3.14. The Labute approximate surface area is 121 Å². The summed E-state index contributed by atoms with van der Waals surface area (Å²) in [7, 11) is 1.84. The molecule has 20 heavy (non-hydrogen) atoms. The fourth-order valence-corrected chi connectivity index (χ4v) is 3.13. The van der Waals surface area contributed by atoms with Gasteiger partial charge in [0.05, 0.1) is 5.39 Å². The van der Waals surface area contributed by atoms with Gasteiger partial charge in [0.2, 0.25) is 5.95 Å². The third kappa shape index (κ3) is 2.16. The van der Waals surface area contributed by atoms with Crippen LogP contribution in [0.25, 0.3) is 16.0 Å². The minimum atomic E-state index is 0.644. The van der Waals surface area contributed by atoms with Gasteiger partial charge in [-0.05, 0) is 19.4 Å². The Morgan fingerprint density at radius 3 is 2.95 bits per heavy atom. The molecule has 0 fully saturated rings. The summed E-state index contributed by atoms with van der Waals surface area (Å²) in [6, 6.07) is 2.14. The average molecular weight is 287 g/mol. The zero-order valence-corrected chi connectivity index (χ0v) is 12.7. The molecule has 6 heteroatoms. The molecule has 0 aliphatic carbocycles. The fraction of sp³-hybridized carbons (Fsp3) is 0.357. The summed E-state index contributed by atoms with van der Waals surface area (Å²) >= 11 is 1.69. The van der Waals surface area contributed by atoms with E-state index in [4.69, 9.17) is 0 Å². The van der Waals surface area contributed by atoms with Crippen LogP contribution < -0.4 is 5.32 Å². The Morgan fingerprint density at radius 1 is 1.35 bits per heavy atom. The first kappa shape index (κ1) is 13.1. The van der Waals surface area contributed by atoms with Gasteiger partial charge >= 0.3 is 0 Å². The maximum absolute atomic E-state index is 4.63. The van der Waals surface area contributed by atoms with Gasteiger partial charge in [0.25, 0.3) is 0 Å². The van der Waals surface area contributed by atoms with E-state index in [1.54, 1.807) is 11.3 Å². The summed E-state index contributed by atoms with van der Waals surface area (Å²) in [6.07, 6.45) is 5.81. The van der Waals surface area contributed by atoms with Crippen LogP contribution in [0.2, 0.25) is 0 Å². The Morgan fingerprint density at radius 2 is 2.20 bits per heavy atom. The van der Waals surface area contributed by atoms with Crippen LogP contribution in [0.3, 0.4) is 0 Å². The van der Waals surface area contributed by atoms with Crippen molar-refractivity contribution in [2.75, 3.05) is 12.4 Å². The van der Waals surface area contributed by atoms with Crippen LogP contribution in [0, 0.1) is 6.92 Å². The van der Waals surface area contributed by atoms with Crippen LogP contribution >= 0.6 is 11.3 Å². The molecule has 0 aromatic carbocycles. The topological polar surface area (TPSA) is 55.6 Å². The van der Waals surface area contributed by atoms with Crippen molar-refractivity contribution in [1.82, 2.24) is 19.5 Å². The van der Waals surface area contributed by atoms with Crippen molar-refractivity contribution in [1.29, 1.82) is 0 Å². The van der Waals surface area contributed by atoms with Gasteiger partial charge in [-0.15, -0.1) is 11.3 Å². The van der Waals surface area contributed by atoms with Crippen LogP contribution in [0.5, 0.6) is 0 Å². The minimum Gasteiger partial charge on any atom is -0.357 e. The molecular formula is C14H17N5S. The highest BCUT2D eigenvalue weighted by Crippen LogP contribution is 2.29. The number of aromatic nitrogens is 4. The number of anilines is 1. The highest BCUT2D eigenvalue weighted by Gasteiger charge is 2.14. The van der Waals surface area contributed by atoms with Crippen LogP contribution in [0.15, 0.2) is 18.5 Å². The summed E-state index contributed by atoms with van der Waals surface area (Å²) in [4.78, 5) is 15.8. The maximum Gasteiger partial charge on any atom is 0.225 e. The smallest absolute Gasteiger partial charge is 0.225 e. The van der Waals surface area contributed by atoms with E-state index < -0.39 is 0 Å². The summed E-state index contributed by atoms with van der Waals surface area (Å²) in [5.74, 6) is 2.59. The molecule has 0 unspecified atom stereocenters. The Kier molecular flexibility index (Phi) is 3.40. The number of rotatable bonds is 4. The Bertz CT molecular complexity index is 743. The van der Waals surface area contributed by atoms with E-state index in [2.05, 4.69) is 44.7 Å². The van der Waals surface area contributed by atoms with Crippen LogP contribution in [-0.2, 0) is 6.42 Å². The lowest BCUT2D eigenvalue weighted by Crippen LogP contribution is -2.06. The molecule has 1 N–H and O–H groups in total. The highest BCUT2D eigenvalue weighted by atomic mass is 32.1. The number of fused-ring (bicyclic) bond motifs is 1. The van der Waals surface area contributed by atoms with E-state index in [1.165, 1.54) is 4.88 Å². The fourth-order valence-electron chi connectivity index (χ4n) is 2.26. The molecule has 3 aromatic heterocycles. The second-order valence-corrected chi connectivity index (χ2v) is 5.89. The molecule has 5 nitrogen and oxygen atoms in total. The lowest BCUT2D eigenvalue weighted by Gasteiger charge is -2.09. The molecule has 0 bridgehead atoms. The summed E-state index contributed by atoms with van der Waals surface area (Å²) < 4.78 is 2.07. The summed E-state index contributed by atoms with van der Waals surface area (Å²) in [6.45, 7) is 4.25. The second-order valence-electron chi connectivity index (χ2n) is 4.66. The Hall–Kier alpha value is -1.95. The first-order chi connectivity index (χ1) is 9.72. The van der Waals surface area contributed by atoms with Crippen LogP contribution in [-0.4, -0.2) is 26.6 Å². The molecule has 0 radical (unpaired) electrons. The van der Waals surface area contributed by atoms with Gasteiger partial charge in [0.15, 0.2) is 5.82 Å². The number of thiophene rings is 1. The van der Waals surface area contributed by atoms with Crippen molar-refractivity contribution in [2.45, 2.75) is 26.7 Å². The number of hydrogen-bond acceptors (Lipinski definition) is 5. The lowest BCUT2D eigenvalue weighted by atomic mass is 10.3. The summed E-state index contributed by atoms with van der Waals surface area (Å²) in [5, 5.41) is 4.12. The lowest BCUT2D eigenvalue weighted by molar-refractivity contribution is 0.801. The van der Waals surface area contributed by atoms with Gasteiger partial charge < -0.3 is 5.32 Å². The van der Waals surface area contributed by atoms with E-state index >= 15 is 0 Å². The summed E-state index contributed by atoms with van der Waals surface area (Å²) in [5.41, 5.74) is 0. The van der Waals surface area contributed by atoms with E-state index in [0.717, 1.165) is 34.7 Å². The minimum absolute atomic E-state index is 0.644. The molecule has 3 aromatic rings. The average Bonchev–Trinajstić information content (AvgIpc) is 3.03. The highest BCUT2D eigenvalue weighted by molar-refractivity contribution is 7.18. The number of nitrogens with zero attached hydrogens (tertiary/aromatic N) is 4. The monoisotopic (exact) mass is 287 g/mol. The molecule has 0 saturated heterocycles. The predicted molar refractivity (Wildman–Crippen MR) is 82.8 cm³/mol. The standard InChI is InChI=1S/C14H17N5S/c1-4-5-11-16-6-7-19(11)12-10-8-9(2)20-13(10)18-14(15-3)17-12/h6-8H,4-5H2,1-3H3,(H,15,17,18). The third-order valence-corrected chi connectivity index (χ3v) is 4.08. The zero-order valence-electron chi connectivity index (χ0n) is 11.8. The molecule has 0 amide bonds. The molecule has 104 valence electrons. The first-order valence-corrected chi connectivity index (χ1v) is 7.53. The van der Waals surface area contributed by atoms with Gasteiger partial charge in [0, 0.05) is 30.7 Å². The predicted octanol–water partition coefficient (Wildman–Crippen LogP) is 3.18. The molecule has 0 aliphatic heterocycles. The number of hydrogen-bond donors (Lipinski definition) is 1. The van der Waals surface area contributed by atoms with Gasteiger partial charge in [0.1, 0.15) is 10.7 Å². The molecular weight excluding hydrogens is 270 g/mol. The second kappa shape index (κ2) is 5.20. The quantitative estimate of drug-likeness (QED) is 0.800. The van der Waals surface area contributed by atoms with E-state index in [-0.39, 0.29) is 0 Å². The van der Waals surface area contributed by atoms with Gasteiger partial charge in [-0.25, -0.2) is 9.97 Å².